The minimum atomic E-state index is -2.87. The van der Waals surface area contributed by atoms with Gasteiger partial charge in [0.25, 0.3) is 5.91 Å². The monoisotopic (exact) mass is 358 g/mol. The van der Waals surface area contributed by atoms with Crippen LogP contribution in [0, 0.1) is 0 Å². The SMILES string of the molecule is Cn1ccc(NC(=O)c2ccccc2Nc2ccc(OC(F)F)cc2)n1. The molecule has 0 spiro atoms. The van der Waals surface area contributed by atoms with Gasteiger partial charge in [0.05, 0.1) is 11.3 Å². The molecule has 134 valence electrons. The second-order valence-corrected chi connectivity index (χ2v) is 5.40. The lowest BCUT2D eigenvalue weighted by Crippen LogP contribution is -2.14. The summed E-state index contributed by atoms with van der Waals surface area (Å²) in [5, 5.41) is 9.93. The third-order valence-electron chi connectivity index (χ3n) is 3.49. The minimum absolute atomic E-state index is 0.0618. The topological polar surface area (TPSA) is 68.2 Å². The van der Waals surface area contributed by atoms with Crippen molar-refractivity contribution in [3.8, 4) is 5.75 Å². The number of benzene rings is 2. The molecule has 0 saturated carbocycles. The molecule has 2 N–H and O–H groups in total. The van der Waals surface area contributed by atoms with Crippen LogP contribution in [0.5, 0.6) is 5.75 Å². The van der Waals surface area contributed by atoms with Gasteiger partial charge >= 0.3 is 6.61 Å². The Morgan fingerprint density at radius 2 is 1.85 bits per heavy atom. The number of ether oxygens (including phenoxy) is 1. The average molecular weight is 358 g/mol. The number of amides is 1. The molecule has 0 aliphatic heterocycles. The molecular weight excluding hydrogens is 342 g/mol. The first kappa shape index (κ1) is 17.4. The Kier molecular flexibility index (Phi) is 5.12. The minimum Gasteiger partial charge on any atom is -0.435 e. The van der Waals surface area contributed by atoms with E-state index in [1.165, 1.54) is 12.1 Å². The number of rotatable bonds is 6. The zero-order valence-electron chi connectivity index (χ0n) is 13.8. The van der Waals surface area contributed by atoms with Crippen LogP contribution >= 0.6 is 0 Å². The van der Waals surface area contributed by atoms with Crippen LogP contribution in [0.3, 0.4) is 0 Å². The summed E-state index contributed by atoms with van der Waals surface area (Å²) in [6.45, 7) is -2.87. The molecule has 26 heavy (non-hydrogen) atoms. The van der Waals surface area contributed by atoms with E-state index in [0.717, 1.165) is 0 Å². The Morgan fingerprint density at radius 3 is 2.50 bits per heavy atom. The second kappa shape index (κ2) is 7.64. The van der Waals surface area contributed by atoms with Gasteiger partial charge in [-0.05, 0) is 36.4 Å². The number of aryl methyl sites for hydroxylation is 1. The number of nitrogens with zero attached hydrogens (tertiary/aromatic N) is 2. The first-order valence-corrected chi connectivity index (χ1v) is 7.73. The van der Waals surface area contributed by atoms with Crippen molar-refractivity contribution in [2.45, 2.75) is 6.61 Å². The van der Waals surface area contributed by atoms with Crippen molar-refractivity contribution in [2.24, 2.45) is 7.05 Å². The molecule has 1 aromatic heterocycles. The number of halogens is 2. The van der Waals surface area contributed by atoms with Crippen LogP contribution in [0.25, 0.3) is 0 Å². The summed E-state index contributed by atoms with van der Waals surface area (Å²) in [6, 6.07) is 14.7. The van der Waals surface area contributed by atoms with Crippen molar-refractivity contribution >= 4 is 23.1 Å². The lowest BCUT2D eigenvalue weighted by molar-refractivity contribution is -0.0498. The highest BCUT2D eigenvalue weighted by atomic mass is 19.3. The molecule has 8 heteroatoms. The highest BCUT2D eigenvalue weighted by Crippen LogP contribution is 2.24. The van der Waals surface area contributed by atoms with E-state index in [0.29, 0.717) is 22.8 Å². The van der Waals surface area contributed by atoms with Crippen molar-refractivity contribution in [1.82, 2.24) is 9.78 Å². The van der Waals surface area contributed by atoms with Crippen LogP contribution in [0.2, 0.25) is 0 Å². The molecule has 0 saturated heterocycles. The third-order valence-corrected chi connectivity index (χ3v) is 3.49. The summed E-state index contributed by atoms with van der Waals surface area (Å²) in [4.78, 5) is 12.5. The van der Waals surface area contributed by atoms with E-state index in [1.54, 1.807) is 60.4 Å². The van der Waals surface area contributed by atoms with Gasteiger partial charge in [-0.1, -0.05) is 12.1 Å². The van der Waals surface area contributed by atoms with E-state index in [2.05, 4.69) is 20.5 Å². The zero-order valence-corrected chi connectivity index (χ0v) is 13.8. The molecular formula is C18H16F2N4O2. The van der Waals surface area contributed by atoms with Crippen molar-refractivity contribution in [3.63, 3.8) is 0 Å². The standard InChI is InChI=1S/C18H16F2N4O2/c1-24-11-10-16(23-24)22-17(25)14-4-2-3-5-15(14)21-12-6-8-13(9-7-12)26-18(19)20/h2-11,18,21H,1H3,(H,22,23,25). The van der Waals surface area contributed by atoms with Gasteiger partial charge in [0.1, 0.15) is 5.75 Å². The lowest BCUT2D eigenvalue weighted by Gasteiger charge is -2.12. The van der Waals surface area contributed by atoms with Gasteiger partial charge < -0.3 is 15.4 Å². The van der Waals surface area contributed by atoms with E-state index < -0.39 is 6.61 Å². The normalized spacial score (nSPS) is 10.6. The Morgan fingerprint density at radius 1 is 1.12 bits per heavy atom. The molecule has 0 fully saturated rings. The van der Waals surface area contributed by atoms with Gasteiger partial charge in [-0.15, -0.1) is 0 Å². The predicted molar refractivity (Wildman–Crippen MR) is 94.0 cm³/mol. The first-order chi connectivity index (χ1) is 12.5. The van der Waals surface area contributed by atoms with E-state index in [4.69, 9.17) is 0 Å². The molecule has 6 nitrogen and oxygen atoms in total. The summed E-state index contributed by atoms with van der Waals surface area (Å²) in [5.74, 6) is 0.192. The molecule has 1 heterocycles. The molecule has 0 bridgehead atoms. The van der Waals surface area contributed by atoms with Gasteiger partial charge in [0, 0.05) is 25.0 Å². The van der Waals surface area contributed by atoms with Crippen LogP contribution in [-0.2, 0) is 7.05 Å². The largest absolute Gasteiger partial charge is 0.435 e. The maximum Gasteiger partial charge on any atom is 0.387 e. The fourth-order valence-corrected chi connectivity index (χ4v) is 2.33. The van der Waals surface area contributed by atoms with Crippen LogP contribution < -0.4 is 15.4 Å². The highest BCUT2D eigenvalue weighted by molar-refractivity contribution is 6.08. The quantitative estimate of drug-likeness (QED) is 0.698. The molecule has 0 aliphatic carbocycles. The summed E-state index contributed by atoms with van der Waals surface area (Å²) in [6.07, 6.45) is 1.72. The number of aromatic nitrogens is 2. The van der Waals surface area contributed by atoms with Crippen molar-refractivity contribution in [3.05, 3.63) is 66.4 Å². The fraction of sp³-hybridized carbons (Fsp3) is 0.111. The first-order valence-electron chi connectivity index (χ1n) is 7.73. The van der Waals surface area contributed by atoms with Gasteiger partial charge in [0.2, 0.25) is 0 Å². The number of carbonyl (C=O) groups excluding carboxylic acids is 1. The number of hydrogen-bond donors (Lipinski definition) is 2. The summed E-state index contributed by atoms with van der Waals surface area (Å²) in [5.41, 5.74) is 1.62. The van der Waals surface area contributed by atoms with Crippen LogP contribution in [0.4, 0.5) is 26.0 Å². The van der Waals surface area contributed by atoms with Crippen LogP contribution in [0.1, 0.15) is 10.4 Å². The zero-order chi connectivity index (χ0) is 18.5. The van der Waals surface area contributed by atoms with E-state index >= 15 is 0 Å². The average Bonchev–Trinajstić information content (AvgIpc) is 3.01. The molecule has 2 aromatic carbocycles. The molecule has 0 unspecified atom stereocenters. The van der Waals surface area contributed by atoms with Gasteiger partial charge in [-0.2, -0.15) is 13.9 Å². The Hall–Kier alpha value is -3.42. The third kappa shape index (κ3) is 4.35. The van der Waals surface area contributed by atoms with E-state index in [1.807, 2.05) is 0 Å². The molecule has 0 aliphatic rings. The lowest BCUT2D eigenvalue weighted by atomic mass is 10.1. The maximum atomic E-state index is 12.5. The number of nitrogens with one attached hydrogen (secondary N) is 2. The smallest absolute Gasteiger partial charge is 0.387 e. The fourth-order valence-electron chi connectivity index (χ4n) is 2.33. The predicted octanol–water partition coefficient (Wildman–Crippen LogP) is 4.02. The highest BCUT2D eigenvalue weighted by Gasteiger charge is 2.13. The van der Waals surface area contributed by atoms with Gasteiger partial charge in [0.15, 0.2) is 5.82 Å². The number of hydrogen-bond acceptors (Lipinski definition) is 4. The van der Waals surface area contributed by atoms with Crippen LogP contribution in [-0.4, -0.2) is 22.3 Å². The molecule has 0 radical (unpaired) electrons. The molecule has 1 amide bonds. The number of alkyl halides is 2. The second-order valence-electron chi connectivity index (χ2n) is 5.40. The molecule has 0 atom stereocenters. The van der Waals surface area contributed by atoms with E-state index in [-0.39, 0.29) is 11.7 Å². The van der Waals surface area contributed by atoms with E-state index in [9.17, 15) is 13.6 Å². The van der Waals surface area contributed by atoms with Crippen molar-refractivity contribution < 1.29 is 18.3 Å². The van der Waals surface area contributed by atoms with Crippen molar-refractivity contribution in [2.75, 3.05) is 10.6 Å². The molecule has 3 rings (SSSR count). The Labute approximate surface area is 148 Å². The van der Waals surface area contributed by atoms with Gasteiger partial charge in [-0.3, -0.25) is 9.48 Å². The molecule has 3 aromatic rings. The van der Waals surface area contributed by atoms with Gasteiger partial charge in [-0.25, -0.2) is 0 Å². The number of anilines is 3. The Bertz CT molecular complexity index is 894. The Balaban J connectivity index is 1.75. The summed E-state index contributed by atoms with van der Waals surface area (Å²) >= 11 is 0. The number of para-hydroxylation sites is 1. The number of carbonyl (C=O) groups is 1. The summed E-state index contributed by atoms with van der Waals surface area (Å²) in [7, 11) is 1.76. The maximum absolute atomic E-state index is 12.5. The van der Waals surface area contributed by atoms with Crippen LogP contribution in [0.15, 0.2) is 60.8 Å². The summed E-state index contributed by atoms with van der Waals surface area (Å²) < 4.78 is 30.3. The van der Waals surface area contributed by atoms with Crippen molar-refractivity contribution in [1.29, 1.82) is 0 Å².